The predicted octanol–water partition coefficient (Wildman–Crippen LogP) is 7.66. The van der Waals surface area contributed by atoms with Crippen LogP contribution in [-0.4, -0.2) is 118 Å². The summed E-state index contributed by atoms with van der Waals surface area (Å²) in [6, 6.07) is 50.3. The molecule has 3 N–H and O–H groups in total. The average molecular weight is 1120 g/mol. The molecule has 5 atom stereocenters. The highest BCUT2D eigenvalue weighted by atomic mass is 28.3. The molecule has 6 aromatic carbocycles. The van der Waals surface area contributed by atoms with Crippen LogP contribution >= 0.6 is 0 Å². The van der Waals surface area contributed by atoms with Gasteiger partial charge < -0.3 is 44.8 Å². The van der Waals surface area contributed by atoms with E-state index in [1.807, 2.05) is 123 Å². The standard InChI is InChI=1S/C66H74N8O7Si/c1-45-60(82(3,4)55-25-23-54(80-2)24-26-55)58(39-59(76)69-41-48-16-12-11-15-47(48)37-53(69)42-75)81-66(45)56-38-52(72-44-74(50-19-9-6-10-20-50)65(62(72)78)30-34-68-35-31-65)22-27-57(56)70(63(66)79)40-46-14-13-21-51(36-46)71-43-73(49-17-7-5-8-18-49)64(61(71)77)28-32-67-33-29-64/h5-27,36,38,45,53,58,60,67-68,75H,28-35,37,39-44H2,1-4H3/t45-,53+,58+,60-,66+/m1/s1. The Kier molecular flexibility index (Phi) is 13.9. The molecule has 5 fully saturated rings. The van der Waals surface area contributed by atoms with Crippen LogP contribution in [0.4, 0.5) is 28.4 Å². The molecule has 0 aliphatic carbocycles. The van der Waals surface area contributed by atoms with Crippen LogP contribution < -0.4 is 45.1 Å². The third-order valence-corrected chi connectivity index (χ3v) is 24.2. The number of hydrogen-bond acceptors (Lipinski definition) is 11. The Bertz CT molecular complexity index is 3410. The van der Waals surface area contributed by atoms with E-state index in [1.165, 1.54) is 0 Å². The largest absolute Gasteiger partial charge is 0.497 e. The van der Waals surface area contributed by atoms with Crippen molar-refractivity contribution in [1.29, 1.82) is 0 Å². The molecule has 16 heteroatoms. The molecule has 0 bridgehead atoms. The lowest BCUT2D eigenvalue weighted by Gasteiger charge is -2.39. The number of aliphatic hydroxyl groups excluding tert-OH is 1. The first-order valence-electron chi connectivity index (χ1n) is 29.4. The third kappa shape index (κ3) is 8.65. The highest BCUT2D eigenvalue weighted by Gasteiger charge is 2.67. The van der Waals surface area contributed by atoms with Gasteiger partial charge in [0.15, 0.2) is 5.60 Å². The molecular formula is C66H74N8O7Si. The van der Waals surface area contributed by atoms with Crippen molar-refractivity contribution in [1.82, 2.24) is 15.5 Å². The number of para-hydroxylation sites is 2. The molecule has 0 saturated carbocycles. The molecule has 13 rings (SSSR count). The van der Waals surface area contributed by atoms with E-state index in [0.717, 1.165) is 57.8 Å². The van der Waals surface area contributed by atoms with Gasteiger partial charge in [0.25, 0.3) is 17.7 Å². The number of rotatable bonds is 12. The van der Waals surface area contributed by atoms with Gasteiger partial charge in [0.2, 0.25) is 5.91 Å². The first-order valence-corrected chi connectivity index (χ1v) is 32.4. The van der Waals surface area contributed by atoms with Crippen LogP contribution in [-0.2, 0) is 49.0 Å². The highest BCUT2D eigenvalue weighted by Crippen LogP contribution is 2.61. The number of amides is 4. The summed E-state index contributed by atoms with van der Waals surface area (Å²) in [7, 11) is -1.08. The summed E-state index contributed by atoms with van der Waals surface area (Å²) in [5.74, 6) is 0.00878. The van der Waals surface area contributed by atoms with Gasteiger partial charge in [-0.05, 0) is 147 Å². The molecule has 6 aromatic rings. The van der Waals surface area contributed by atoms with Crippen molar-refractivity contribution in [2.24, 2.45) is 5.92 Å². The Morgan fingerprint density at radius 1 is 0.671 bits per heavy atom. The maximum Gasteiger partial charge on any atom is 0.264 e. The van der Waals surface area contributed by atoms with E-state index in [1.54, 1.807) is 7.11 Å². The molecule has 5 saturated heterocycles. The van der Waals surface area contributed by atoms with Gasteiger partial charge in [-0.25, -0.2) is 0 Å². The number of aliphatic hydroxyl groups is 1. The van der Waals surface area contributed by atoms with E-state index in [4.69, 9.17) is 9.47 Å². The third-order valence-electron chi connectivity index (χ3n) is 19.8. The van der Waals surface area contributed by atoms with E-state index >= 15 is 14.4 Å². The zero-order valence-corrected chi connectivity index (χ0v) is 48.4. The summed E-state index contributed by atoms with van der Waals surface area (Å²) in [4.78, 5) is 74.1. The zero-order chi connectivity index (χ0) is 56.5. The van der Waals surface area contributed by atoms with Crippen LogP contribution in [0.2, 0.25) is 18.6 Å². The van der Waals surface area contributed by atoms with Gasteiger partial charge in [-0.2, -0.15) is 0 Å². The lowest BCUT2D eigenvalue weighted by atomic mass is 9.82. The second-order valence-electron chi connectivity index (χ2n) is 24.3. The summed E-state index contributed by atoms with van der Waals surface area (Å²) >= 11 is 0. The number of methoxy groups -OCH3 is 1. The SMILES string of the molecule is COc1ccc([Si](C)(C)[C@H]2[C@H](CC(=O)N3Cc4ccccc4C[C@H]3CO)O[C@@]3(C(=O)N(Cc4cccc(N5CN(c6ccccc6)C6(CCNCC6)C5=O)c4)c4ccc(N5CN(c6ccccc6)C6(CCNCC6)C5=O)cc43)[C@@H]2C)cc1. The number of nitrogens with one attached hydrogen (secondary N) is 2. The number of anilines is 5. The van der Waals surface area contributed by atoms with E-state index in [9.17, 15) is 9.90 Å². The monoisotopic (exact) mass is 1120 g/mol. The van der Waals surface area contributed by atoms with Crippen molar-refractivity contribution in [3.63, 3.8) is 0 Å². The van der Waals surface area contributed by atoms with E-state index in [0.29, 0.717) is 82.0 Å². The number of piperidine rings is 2. The Labute approximate surface area is 481 Å². The van der Waals surface area contributed by atoms with Crippen LogP contribution in [0.25, 0.3) is 0 Å². The van der Waals surface area contributed by atoms with Crippen molar-refractivity contribution in [3.8, 4) is 5.75 Å². The molecule has 7 aliphatic heterocycles. The molecule has 424 valence electrons. The van der Waals surface area contributed by atoms with E-state index in [-0.39, 0.29) is 48.7 Å². The zero-order valence-electron chi connectivity index (χ0n) is 47.4. The number of carbonyl (C=O) groups excluding carboxylic acids is 4. The second kappa shape index (κ2) is 21.1. The second-order valence-corrected chi connectivity index (χ2v) is 29.0. The number of carbonyl (C=O) groups is 4. The Hall–Kier alpha value is -7.34. The number of nitrogens with zero attached hydrogens (tertiary/aromatic N) is 6. The van der Waals surface area contributed by atoms with Crippen LogP contribution in [0.15, 0.2) is 152 Å². The van der Waals surface area contributed by atoms with Crippen LogP contribution in [0.1, 0.15) is 61.3 Å². The summed E-state index contributed by atoms with van der Waals surface area (Å²) in [6.45, 7) is 10.7. The van der Waals surface area contributed by atoms with E-state index in [2.05, 4.69) is 89.0 Å². The first kappa shape index (κ1) is 53.9. The van der Waals surface area contributed by atoms with Crippen LogP contribution in [0, 0.1) is 5.92 Å². The summed E-state index contributed by atoms with van der Waals surface area (Å²) in [5.41, 5.74) is 4.49. The van der Waals surface area contributed by atoms with Gasteiger partial charge in [0, 0.05) is 40.8 Å². The summed E-state index contributed by atoms with van der Waals surface area (Å²) < 4.78 is 13.3. The molecule has 7 aliphatic rings. The van der Waals surface area contributed by atoms with Crippen molar-refractivity contribution in [3.05, 3.63) is 174 Å². The van der Waals surface area contributed by atoms with Gasteiger partial charge in [0.1, 0.15) is 16.8 Å². The fourth-order valence-corrected chi connectivity index (χ4v) is 19.5. The quantitative estimate of drug-likeness (QED) is 0.104. The number of ether oxygens (including phenoxy) is 2. The lowest BCUT2D eigenvalue weighted by Crippen LogP contribution is -2.55. The van der Waals surface area contributed by atoms with Crippen molar-refractivity contribution in [2.45, 2.75) is 106 Å². The molecule has 7 heterocycles. The molecular weight excluding hydrogens is 1040 g/mol. The number of hydrogen-bond donors (Lipinski definition) is 3. The highest BCUT2D eigenvalue weighted by molar-refractivity contribution is 6.91. The molecule has 82 heavy (non-hydrogen) atoms. The van der Waals surface area contributed by atoms with Crippen molar-refractivity contribution in [2.75, 3.05) is 77.7 Å². The molecule has 3 spiro atoms. The molecule has 0 unspecified atom stereocenters. The van der Waals surface area contributed by atoms with Crippen molar-refractivity contribution >= 4 is 65.3 Å². The minimum absolute atomic E-state index is 0.000968. The fourth-order valence-electron chi connectivity index (χ4n) is 15.5. The van der Waals surface area contributed by atoms with Gasteiger partial charge in [-0.3, -0.25) is 29.0 Å². The smallest absolute Gasteiger partial charge is 0.264 e. The molecule has 0 aromatic heterocycles. The fraction of sp³-hybridized carbons (Fsp3) is 0.394. The Morgan fingerprint density at radius 2 is 1.23 bits per heavy atom. The minimum atomic E-state index is -2.74. The van der Waals surface area contributed by atoms with Gasteiger partial charge in [0.05, 0.1) is 65.9 Å². The Morgan fingerprint density at radius 3 is 1.82 bits per heavy atom. The first-order chi connectivity index (χ1) is 39.8. The predicted molar refractivity (Wildman–Crippen MR) is 322 cm³/mol. The molecule has 4 amide bonds. The average Bonchev–Trinajstić information content (AvgIpc) is 2.55. The maximum absolute atomic E-state index is 16.5. The van der Waals surface area contributed by atoms with Gasteiger partial charge in [-0.1, -0.05) is 110 Å². The van der Waals surface area contributed by atoms with E-state index < -0.39 is 42.8 Å². The van der Waals surface area contributed by atoms with Gasteiger partial charge in [-0.15, -0.1) is 0 Å². The lowest BCUT2D eigenvalue weighted by molar-refractivity contribution is -0.151. The Balaban J connectivity index is 0.913. The minimum Gasteiger partial charge on any atom is -0.497 e. The normalized spacial score (nSPS) is 24.8. The maximum atomic E-state index is 16.5. The van der Waals surface area contributed by atoms with Gasteiger partial charge >= 0.3 is 0 Å². The number of benzene rings is 6. The summed E-state index contributed by atoms with van der Waals surface area (Å²) in [5, 5.41) is 18.9. The van der Waals surface area contributed by atoms with Crippen molar-refractivity contribution < 1.29 is 33.8 Å². The number of fused-ring (bicyclic) bond motifs is 3. The van der Waals surface area contributed by atoms with Crippen LogP contribution in [0.3, 0.4) is 0 Å². The summed E-state index contributed by atoms with van der Waals surface area (Å²) in [6.07, 6.45) is 2.49. The topological polar surface area (TPSA) is 150 Å². The van der Waals surface area contributed by atoms with Crippen LogP contribution in [0.5, 0.6) is 5.75 Å². The molecule has 15 nitrogen and oxygen atoms in total. The molecule has 0 radical (unpaired) electrons.